The van der Waals surface area contributed by atoms with E-state index in [0.717, 1.165) is 12.2 Å². The minimum absolute atomic E-state index is 0.228. The molecule has 0 saturated heterocycles. The van der Waals surface area contributed by atoms with Gasteiger partial charge in [0.25, 0.3) is 0 Å². The molecule has 19 heavy (non-hydrogen) atoms. The summed E-state index contributed by atoms with van der Waals surface area (Å²) in [4.78, 5) is 0. The van der Waals surface area contributed by atoms with Crippen LogP contribution in [0.1, 0.15) is 34.1 Å². The highest BCUT2D eigenvalue weighted by molar-refractivity contribution is 6.73. The van der Waals surface area contributed by atoms with E-state index in [1.807, 2.05) is 30.3 Å². The van der Waals surface area contributed by atoms with Gasteiger partial charge < -0.3 is 9.16 Å². The average molecular weight is 280 g/mol. The van der Waals surface area contributed by atoms with Crippen LogP contribution in [0.25, 0.3) is 0 Å². The van der Waals surface area contributed by atoms with Crippen molar-refractivity contribution in [2.24, 2.45) is 0 Å². The molecule has 0 fully saturated rings. The Morgan fingerprint density at radius 3 is 2.00 bits per heavy atom. The predicted octanol–water partition coefficient (Wildman–Crippen LogP) is 4.87. The van der Waals surface area contributed by atoms with Crippen LogP contribution in [0, 0.1) is 0 Å². The van der Waals surface area contributed by atoms with E-state index in [1.54, 1.807) is 0 Å². The maximum atomic E-state index is 6.47. The molecule has 1 unspecified atom stereocenters. The summed E-state index contributed by atoms with van der Waals surface area (Å²) in [5, 5.41) is 0. The fourth-order valence-electron chi connectivity index (χ4n) is 2.29. The lowest BCUT2D eigenvalue weighted by atomic mass is 10.3. The first-order valence-corrected chi connectivity index (χ1v) is 10.1. The quantitative estimate of drug-likeness (QED) is 0.601. The van der Waals surface area contributed by atoms with Crippen molar-refractivity contribution >= 4 is 8.32 Å². The van der Waals surface area contributed by atoms with Crippen molar-refractivity contribution in [3.8, 4) is 5.75 Å². The van der Waals surface area contributed by atoms with Gasteiger partial charge in [-0.05, 0) is 36.7 Å². The zero-order valence-electron chi connectivity index (χ0n) is 12.8. The number of ether oxygens (including phenoxy) is 1. The zero-order chi connectivity index (χ0) is 14.1. The van der Waals surface area contributed by atoms with Gasteiger partial charge in [0, 0.05) is 0 Å². The summed E-state index contributed by atoms with van der Waals surface area (Å²) in [6, 6.07) is 13.6. The van der Waals surface area contributed by atoms with E-state index in [-0.39, 0.29) is 6.10 Å². The fraction of sp³-hybridized carbons (Fsp3) is 0.625. The molecule has 0 amide bonds. The second kappa shape index (κ2) is 8.38. The Morgan fingerprint density at radius 2 is 1.53 bits per heavy atom. The van der Waals surface area contributed by atoms with E-state index in [9.17, 15) is 0 Å². The molecule has 3 heteroatoms. The Morgan fingerprint density at radius 1 is 0.947 bits per heavy atom. The lowest BCUT2D eigenvalue weighted by Crippen LogP contribution is -2.41. The van der Waals surface area contributed by atoms with E-state index < -0.39 is 8.32 Å². The molecule has 0 spiro atoms. The first-order valence-electron chi connectivity index (χ1n) is 7.55. The van der Waals surface area contributed by atoms with Gasteiger partial charge in [-0.1, -0.05) is 45.9 Å². The predicted molar refractivity (Wildman–Crippen MR) is 84.3 cm³/mol. The molecule has 0 aliphatic rings. The van der Waals surface area contributed by atoms with Gasteiger partial charge in [-0.15, -0.1) is 0 Å². The number of benzene rings is 1. The molecule has 1 rings (SSSR count). The minimum Gasteiger partial charge on any atom is -0.491 e. The Kier molecular flexibility index (Phi) is 7.17. The van der Waals surface area contributed by atoms with E-state index >= 15 is 0 Å². The van der Waals surface area contributed by atoms with Crippen molar-refractivity contribution in [3.05, 3.63) is 30.3 Å². The van der Waals surface area contributed by atoms with Crippen LogP contribution in [0.5, 0.6) is 5.75 Å². The van der Waals surface area contributed by atoms with Crippen LogP contribution >= 0.6 is 0 Å². The number of rotatable bonds is 9. The summed E-state index contributed by atoms with van der Waals surface area (Å²) >= 11 is 0. The van der Waals surface area contributed by atoms with Gasteiger partial charge in [0.15, 0.2) is 8.32 Å². The van der Waals surface area contributed by atoms with Crippen molar-refractivity contribution < 1.29 is 9.16 Å². The van der Waals surface area contributed by atoms with E-state index in [0.29, 0.717) is 6.61 Å². The smallest absolute Gasteiger partial charge is 0.192 e. The van der Waals surface area contributed by atoms with Crippen molar-refractivity contribution in [1.29, 1.82) is 0 Å². The summed E-state index contributed by atoms with van der Waals surface area (Å²) in [7, 11) is -1.52. The first-order chi connectivity index (χ1) is 9.19. The number of hydrogen-bond acceptors (Lipinski definition) is 2. The molecule has 1 aromatic carbocycles. The van der Waals surface area contributed by atoms with Crippen molar-refractivity contribution in [1.82, 2.24) is 0 Å². The van der Waals surface area contributed by atoms with Crippen LogP contribution in [-0.2, 0) is 4.43 Å². The van der Waals surface area contributed by atoms with Crippen molar-refractivity contribution in [2.45, 2.75) is 58.4 Å². The normalized spacial score (nSPS) is 13.3. The van der Waals surface area contributed by atoms with E-state index in [2.05, 4.69) is 27.7 Å². The van der Waals surface area contributed by atoms with Crippen molar-refractivity contribution in [3.63, 3.8) is 0 Å². The van der Waals surface area contributed by atoms with Gasteiger partial charge in [0.2, 0.25) is 0 Å². The summed E-state index contributed by atoms with van der Waals surface area (Å²) in [5.74, 6) is 0.932. The molecule has 0 bridgehead atoms. The monoisotopic (exact) mass is 280 g/mol. The Labute approximate surface area is 119 Å². The van der Waals surface area contributed by atoms with Gasteiger partial charge in [-0.2, -0.15) is 0 Å². The summed E-state index contributed by atoms with van der Waals surface area (Å²) in [6.45, 7) is 9.65. The largest absolute Gasteiger partial charge is 0.491 e. The second-order valence-corrected chi connectivity index (χ2v) is 9.74. The van der Waals surface area contributed by atoms with Crippen LogP contribution in [0.3, 0.4) is 0 Å². The number of hydrogen-bond donors (Lipinski definition) is 0. The molecule has 0 N–H and O–H groups in total. The zero-order valence-corrected chi connectivity index (χ0v) is 13.8. The van der Waals surface area contributed by atoms with Crippen LogP contribution in [-0.4, -0.2) is 21.0 Å². The molecule has 0 aliphatic heterocycles. The average Bonchev–Trinajstić information content (AvgIpc) is 2.49. The molecule has 108 valence electrons. The van der Waals surface area contributed by atoms with E-state index in [1.165, 1.54) is 18.1 Å². The lowest BCUT2D eigenvalue weighted by molar-refractivity contribution is 0.115. The molecule has 0 saturated carbocycles. The van der Waals surface area contributed by atoms with Crippen LogP contribution in [0.4, 0.5) is 0 Å². The van der Waals surface area contributed by atoms with E-state index in [4.69, 9.17) is 9.16 Å². The highest BCUT2D eigenvalue weighted by atomic mass is 28.4. The van der Waals surface area contributed by atoms with Crippen LogP contribution in [0.15, 0.2) is 30.3 Å². The number of para-hydroxylation sites is 1. The molecule has 0 heterocycles. The highest BCUT2D eigenvalue weighted by Gasteiger charge is 2.31. The van der Waals surface area contributed by atoms with Gasteiger partial charge >= 0.3 is 0 Å². The summed E-state index contributed by atoms with van der Waals surface area (Å²) in [5.41, 5.74) is 0. The second-order valence-electron chi connectivity index (χ2n) is 5.02. The standard InChI is InChI=1S/C16H28O2Si/c1-5-15(18-19(6-2,7-3)8-4)14-17-16-12-10-9-11-13-16/h9-13,15H,5-8,14H2,1-4H3. The van der Waals surface area contributed by atoms with Crippen molar-refractivity contribution in [2.75, 3.05) is 6.61 Å². The maximum Gasteiger partial charge on any atom is 0.192 e. The topological polar surface area (TPSA) is 18.5 Å². The molecular weight excluding hydrogens is 252 g/mol. The SMILES string of the molecule is CCC(COc1ccccc1)O[Si](CC)(CC)CC. The molecule has 0 radical (unpaired) electrons. The maximum absolute atomic E-state index is 6.47. The molecule has 2 nitrogen and oxygen atoms in total. The molecular formula is C16H28O2Si. The Balaban J connectivity index is 2.54. The Bertz CT molecular complexity index is 328. The van der Waals surface area contributed by atoms with Crippen LogP contribution in [0.2, 0.25) is 18.1 Å². The lowest BCUT2D eigenvalue weighted by Gasteiger charge is -2.32. The summed E-state index contributed by atoms with van der Waals surface area (Å²) < 4.78 is 12.3. The Hall–Kier alpha value is -0.803. The third-order valence-corrected chi connectivity index (χ3v) is 8.68. The summed E-state index contributed by atoms with van der Waals surface area (Å²) in [6.07, 6.45) is 1.24. The van der Waals surface area contributed by atoms with Gasteiger partial charge in [0.1, 0.15) is 12.4 Å². The minimum atomic E-state index is -1.52. The van der Waals surface area contributed by atoms with Crippen LogP contribution < -0.4 is 4.74 Å². The molecule has 0 aromatic heterocycles. The highest BCUT2D eigenvalue weighted by Crippen LogP contribution is 2.24. The van der Waals surface area contributed by atoms with Gasteiger partial charge in [-0.3, -0.25) is 0 Å². The van der Waals surface area contributed by atoms with Gasteiger partial charge in [0.05, 0.1) is 6.10 Å². The molecule has 0 aliphatic carbocycles. The molecule has 1 aromatic rings. The third kappa shape index (κ3) is 5.00. The van der Waals surface area contributed by atoms with Gasteiger partial charge in [-0.25, -0.2) is 0 Å². The third-order valence-electron chi connectivity index (χ3n) is 3.98. The molecule has 1 atom stereocenters. The fourth-order valence-corrected chi connectivity index (χ4v) is 5.24. The first kappa shape index (κ1) is 16.3.